The highest BCUT2D eigenvalue weighted by Gasteiger charge is 2.25. The van der Waals surface area contributed by atoms with Crippen LogP contribution in [0.1, 0.15) is 11.3 Å². The summed E-state index contributed by atoms with van der Waals surface area (Å²) < 4.78 is 15.2. The van der Waals surface area contributed by atoms with Crippen LogP contribution in [-0.2, 0) is 11.3 Å². The predicted molar refractivity (Wildman–Crippen MR) is 114 cm³/mol. The van der Waals surface area contributed by atoms with Crippen LogP contribution < -0.4 is 5.32 Å². The molecule has 1 fully saturated rings. The first-order chi connectivity index (χ1) is 13.6. The Morgan fingerprint density at radius 2 is 1.96 bits per heavy atom. The number of rotatable bonds is 4. The molecular weight excluding hydrogens is 373 g/mol. The lowest BCUT2D eigenvalue weighted by molar-refractivity contribution is -0.115. The fraction of sp³-hybridized carbons (Fsp3) is 0.0909. The van der Waals surface area contributed by atoms with E-state index in [4.69, 9.17) is 0 Å². The van der Waals surface area contributed by atoms with Gasteiger partial charge in [-0.25, -0.2) is 9.38 Å². The van der Waals surface area contributed by atoms with E-state index in [2.05, 4.69) is 33.6 Å². The Hall–Kier alpha value is -3.12. The van der Waals surface area contributed by atoms with Gasteiger partial charge in [0.2, 0.25) is 0 Å². The number of aliphatic imine (C=N–C) groups is 1. The van der Waals surface area contributed by atoms with E-state index in [1.54, 1.807) is 12.1 Å². The van der Waals surface area contributed by atoms with E-state index in [0.717, 1.165) is 22.2 Å². The normalized spacial score (nSPS) is 16.9. The van der Waals surface area contributed by atoms with E-state index >= 15 is 0 Å². The minimum atomic E-state index is -0.320. The van der Waals surface area contributed by atoms with Crippen LogP contribution in [0.3, 0.4) is 0 Å². The van der Waals surface area contributed by atoms with Crippen LogP contribution in [0.5, 0.6) is 0 Å². The van der Waals surface area contributed by atoms with Gasteiger partial charge in [0.15, 0.2) is 5.17 Å². The largest absolute Gasteiger partial charge is 0.340 e. The van der Waals surface area contributed by atoms with Crippen LogP contribution >= 0.6 is 11.8 Å². The van der Waals surface area contributed by atoms with Crippen molar-refractivity contribution in [2.45, 2.75) is 13.5 Å². The van der Waals surface area contributed by atoms with Crippen molar-refractivity contribution in [1.82, 2.24) is 9.88 Å². The van der Waals surface area contributed by atoms with Gasteiger partial charge in [-0.3, -0.25) is 4.79 Å². The Kier molecular flexibility index (Phi) is 4.88. The van der Waals surface area contributed by atoms with Crippen molar-refractivity contribution >= 4 is 45.5 Å². The smallest absolute Gasteiger partial charge is 0.264 e. The number of aromatic nitrogens is 1. The van der Waals surface area contributed by atoms with E-state index in [9.17, 15) is 9.18 Å². The van der Waals surface area contributed by atoms with Gasteiger partial charge in [-0.1, -0.05) is 24.3 Å². The van der Waals surface area contributed by atoms with Crippen molar-refractivity contribution in [2.24, 2.45) is 4.99 Å². The SMILES string of the molecule is C=CCn1c(C)c(/C=C2/SC(=Nc3ccc(F)cc3)NC2=O)c2ccccc21. The first-order valence-corrected chi connectivity index (χ1v) is 9.62. The third-order valence-corrected chi connectivity index (χ3v) is 5.48. The maximum absolute atomic E-state index is 13.0. The highest BCUT2D eigenvalue weighted by Crippen LogP contribution is 2.33. The van der Waals surface area contributed by atoms with Crippen LogP contribution in [-0.4, -0.2) is 15.6 Å². The molecule has 4 rings (SSSR count). The molecule has 0 unspecified atom stereocenters. The number of amides is 1. The molecule has 0 atom stereocenters. The van der Waals surface area contributed by atoms with E-state index in [1.807, 2.05) is 31.2 Å². The summed E-state index contributed by atoms with van der Waals surface area (Å²) in [6.07, 6.45) is 3.77. The summed E-state index contributed by atoms with van der Waals surface area (Å²) in [4.78, 5) is 17.4. The number of halogens is 1. The van der Waals surface area contributed by atoms with Crippen molar-refractivity contribution in [1.29, 1.82) is 0 Å². The first-order valence-electron chi connectivity index (χ1n) is 8.80. The number of carbonyl (C=O) groups is 1. The third kappa shape index (κ3) is 3.39. The average Bonchev–Trinajstić information content (AvgIpc) is 3.16. The van der Waals surface area contributed by atoms with Gasteiger partial charge in [-0.15, -0.1) is 6.58 Å². The Morgan fingerprint density at radius 3 is 2.71 bits per heavy atom. The molecule has 1 saturated heterocycles. The second kappa shape index (κ2) is 7.48. The topological polar surface area (TPSA) is 46.4 Å². The Bertz CT molecular complexity index is 1140. The molecule has 1 aliphatic heterocycles. The standard InChI is InChI=1S/C22H18FN3OS/c1-3-12-26-14(2)18(17-6-4-5-7-19(17)26)13-20-21(27)25-22(28-20)24-16-10-8-15(23)9-11-16/h3-11,13H,1,12H2,2H3,(H,24,25,27)/b20-13+. The zero-order valence-corrected chi connectivity index (χ0v) is 16.1. The van der Waals surface area contributed by atoms with Crippen molar-refractivity contribution in [3.8, 4) is 0 Å². The molecule has 1 aliphatic rings. The van der Waals surface area contributed by atoms with E-state index in [0.29, 0.717) is 22.3 Å². The molecule has 140 valence electrons. The van der Waals surface area contributed by atoms with Crippen LogP contribution in [0, 0.1) is 12.7 Å². The fourth-order valence-electron chi connectivity index (χ4n) is 3.25. The zero-order chi connectivity index (χ0) is 19.7. The maximum atomic E-state index is 13.0. The lowest BCUT2D eigenvalue weighted by Gasteiger charge is -2.04. The van der Waals surface area contributed by atoms with Gasteiger partial charge in [-0.2, -0.15) is 0 Å². The van der Waals surface area contributed by atoms with Crippen molar-refractivity contribution in [3.05, 3.63) is 83.2 Å². The zero-order valence-electron chi connectivity index (χ0n) is 15.3. The molecular formula is C22H18FN3OS. The first kappa shape index (κ1) is 18.3. The number of carbonyl (C=O) groups excluding carboxylic acids is 1. The number of allylic oxidation sites excluding steroid dienone is 1. The lowest BCUT2D eigenvalue weighted by atomic mass is 10.1. The number of para-hydroxylation sites is 1. The quantitative estimate of drug-likeness (QED) is 0.493. The highest BCUT2D eigenvalue weighted by atomic mass is 32.2. The Morgan fingerprint density at radius 1 is 1.21 bits per heavy atom. The summed E-state index contributed by atoms with van der Waals surface area (Å²) in [6, 6.07) is 13.9. The number of thioether (sulfide) groups is 1. The minimum Gasteiger partial charge on any atom is -0.340 e. The summed E-state index contributed by atoms with van der Waals surface area (Å²) >= 11 is 1.28. The van der Waals surface area contributed by atoms with Crippen LogP contribution in [0.25, 0.3) is 17.0 Å². The van der Waals surface area contributed by atoms with Crippen molar-refractivity contribution in [3.63, 3.8) is 0 Å². The second-order valence-electron chi connectivity index (χ2n) is 6.37. The third-order valence-electron chi connectivity index (χ3n) is 4.57. The van der Waals surface area contributed by atoms with Crippen LogP contribution in [0.15, 0.2) is 71.1 Å². The summed E-state index contributed by atoms with van der Waals surface area (Å²) in [5, 5.41) is 4.35. The number of fused-ring (bicyclic) bond motifs is 1. The molecule has 1 N–H and O–H groups in total. The van der Waals surface area contributed by atoms with Crippen molar-refractivity contribution in [2.75, 3.05) is 0 Å². The number of hydrogen-bond donors (Lipinski definition) is 1. The molecule has 0 radical (unpaired) electrons. The number of nitrogens with zero attached hydrogens (tertiary/aromatic N) is 2. The van der Waals surface area contributed by atoms with Gasteiger partial charge in [0.1, 0.15) is 5.82 Å². The minimum absolute atomic E-state index is 0.189. The lowest BCUT2D eigenvalue weighted by Crippen LogP contribution is -2.19. The van der Waals surface area contributed by atoms with Gasteiger partial charge >= 0.3 is 0 Å². The Labute approximate surface area is 166 Å². The molecule has 2 aromatic carbocycles. The summed E-state index contributed by atoms with van der Waals surface area (Å²) in [6.45, 7) is 6.58. The molecule has 3 aromatic rings. The monoisotopic (exact) mass is 391 g/mol. The maximum Gasteiger partial charge on any atom is 0.264 e. The second-order valence-corrected chi connectivity index (χ2v) is 7.40. The molecule has 1 amide bonds. The predicted octanol–water partition coefficient (Wildman–Crippen LogP) is 5.17. The molecule has 0 spiro atoms. The van der Waals surface area contributed by atoms with Gasteiger partial charge in [0.05, 0.1) is 10.6 Å². The molecule has 0 bridgehead atoms. The van der Waals surface area contributed by atoms with Gasteiger partial charge < -0.3 is 9.88 Å². The van der Waals surface area contributed by atoms with E-state index in [-0.39, 0.29) is 11.7 Å². The Balaban J connectivity index is 1.72. The van der Waals surface area contributed by atoms with E-state index < -0.39 is 0 Å². The molecule has 6 heteroatoms. The van der Waals surface area contributed by atoms with Crippen molar-refractivity contribution < 1.29 is 9.18 Å². The van der Waals surface area contributed by atoms with Gasteiger partial charge in [-0.05, 0) is 55.1 Å². The fourth-order valence-corrected chi connectivity index (χ4v) is 4.07. The summed E-state index contributed by atoms with van der Waals surface area (Å²) in [5.74, 6) is -0.509. The highest BCUT2D eigenvalue weighted by molar-refractivity contribution is 8.18. The number of nitrogens with one attached hydrogen (secondary N) is 1. The number of amidine groups is 1. The van der Waals surface area contributed by atoms with E-state index in [1.165, 1.54) is 23.9 Å². The molecule has 0 aliphatic carbocycles. The summed E-state index contributed by atoms with van der Waals surface area (Å²) in [5.41, 5.74) is 3.78. The number of hydrogen-bond acceptors (Lipinski definition) is 3. The number of benzene rings is 2. The summed E-state index contributed by atoms with van der Waals surface area (Å²) in [7, 11) is 0. The van der Waals surface area contributed by atoms with Gasteiger partial charge in [0, 0.05) is 28.7 Å². The average molecular weight is 391 g/mol. The molecule has 1 aromatic heterocycles. The molecule has 28 heavy (non-hydrogen) atoms. The van der Waals surface area contributed by atoms with Crippen LogP contribution in [0.2, 0.25) is 0 Å². The molecule has 2 heterocycles. The van der Waals surface area contributed by atoms with Crippen LogP contribution in [0.4, 0.5) is 10.1 Å². The molecule has 4 nitrogen and oxygen atoms in total. The molecule has 0 saturated carbocycles. The van der Waals surface area contributed by atoms with Gasteiger partial charge in [0.25, 0.3) is 5.91 Å².